The number of aromatic nitrogens is 2. The van der Waals surface area contributed by atoms with Crippen LogP contribution in [-0.2, 0) is 7.05 Å². The molecule has 1 aromatic heterocycles. The zero-order chi connectivity index (χ0) is 18.8. The quantitative estimate of drug-likeness (QED) is 0.780. The third-order valence-corrected chi connectivity index (χ3v) is 4.88. The average molecular weight is 348 g/mol. The van der Waals surface area contributed by atoms with Crippen LogP contribution in [-0.4, -0.2) is 27.6 Å². The molecule has 2 aromatic carbocycles. The molecule has 2 N–H and O–H groups in total. The highest BCUT2D eigenvalue weighted by Gasteiger charge is 2.25. The van der Waals surface area contributed by atoms with Gasteiger partial charge in [-0.05, 0) is 30.5 Å². The van der Waals surface area contributed by atoms with Crippen LogP contribution < -0.4 is 5.73 Å². The molecule has 134 valence electrons. The lowest BCUT2D eigenvalue weighted by Crippen LogP contribution is -2.30. The second kappa shape index (κ2) is 7.04. The lowest BCUT2D eigenvalue weighted by Gasteiger charge is -2.25. The maximum atomic E-state index is 12.9. The molecule has 0 bridgehead atoms. The van der Waals surface area contributed by atoms with E-state index in [0.717, 1.165) is 11.1 Å². The number of rotatable bonds is 4. The number of anilines is 1. The summed E-state index contributed by atoms with van der Waals surface area (Å²) >= 11 is 0. The Labute approximate surface area is 154 Å². The van der Waals surface area contributed by atoms with E-state index in [2.05, 4.69) is 41.5 Å². The van der Waals surface area contributed by atoms with Crippen molar-refractivity contribution in [2.75, 3.05) is 12.8 Å². The second-order valence-electron chi connectivity index (χ2n) is 6.55. The minimum absolute atomic E-state index is 0.0775. The average Bonchev–Trinajstić information content (AvgIpc) is 2.92. The fourth-order valence-electron chi connectivity index (χ4n) is 3.10. The van der Waals surface area contributed by atoms with Crippen LogP contribution in [0.3, 0.4) is 0 Å². The van der Waals surface area contributed by atoms with Gasteiger partial charge in [-0.3, -0.25) is 9.48 Å². The van der Waals surface area contributed by atoms with Gasteiger partial charge in [-0.2, -0.15) is 5.10 Å². The molecule has 0 unspecified atom stereocenters. The summed E-state index contributed by atoms with van der Waals surface area (Å²) in [7, 11) is 3.54. The summed E-state index contributed by atoms with van der Waals surface area (Å²) in [6, 6.07) is 18.5. The molecular formula is C21H24N4O. The molecule has 1 amide bonds. The van der Waals surface area contributed by atoms with Crippen LogP contribution in [0.1, 0.15) is 34.6 Å². The first-order chi connectivity index (χ1) is 12.4. The lowest BCUT2D eigenvalue weighted by molar-refractivity contribution is 0.0743. The van der Waals surface area contributed by atoms with E-state index in [1.807, 2.05) is 25.1 Å². The van der Waals surface area contributed by atoms with Crippen molar-refractivity contribution in [2.24, 2.45) is 7.05 Å². The molecule has 5 nitrogen and oxygen atoms in total. The van der Waals surface area contributed by atoms with Crippen molar-refractivity contribution < 1.29 is 4.79 Å². The summed E-state index contributed by atoms with van der Waals surface area (Å²) in [4.78, 5) is 14.6. The SMILES string of the molecule is Cc1nn(C)c(N)c1C(=O)N(C)[C@H](C)c1ccc(-c2ccccc2)cc1. The number of carbonyl (C=O) groups is 1. The number of hydrogen-bond acceptors (Lipinski definition) is 3. The van der Waals surface area contributed by atoms with Crippen molar-refractivity contribution in [1.82, 2.24) is 14.7 Å². The van der Waals surface area contributed by atoms with Gasteiger partial charge >= 0.3 is 0 Å². The molecule has 1 heterocycles. The van der Waals surface area contributed by atoms with Crippen molar-refractivity contribution in [2.45, 2.75) is 19.9 Å². The molecule has 0 fully saturated rings. The van der Waals surface area contributed by atoms with Gasteiger partial charge in [0.05, 0.1) is 11.7 Å². The monoisotopic (exact) mass is 348 g/mol. The maximum absolute atomic E-state index is 12.9. The second-order valence-corrected chi connectivity index (χ2v) is 6.55. The van der Waals surface area contributed by atoms with Crippen LogP contribution in [0.4, 0.5) is 5.82 Å². The predicted octanol–water partition coefficient (Wildman–Crippen LogP) is 3.81. The number of benzene rings is 2. The van der Waals surface area contributed by atoms with Gasteiger partial charge in [-0.25, -0.2) is 0 Å². The van der Waals surface area contributed by atoms with E-state index in [-0.39, 0.29) is 11.9 Å². The van der Waals surface area contributed by atoms with Crippen molar-refractivity contribution in [3.8, 4) is 11.1 Å². The van der Waals surface area contributed by atoms with Crippen molar-refractivity contribution in [1.29, 1.82) is 0 Å². The minimum Gasteiger partial charge on any atom is -0.383 e. The third kappa shape index (κ3) is 3.20. The van der Waals surface area contributed by atoms with Gasteiger partial charge in [0.2, 0.25) is 0 Å². The van der Waals surface area contributed by atoms with Crippen molar-refractivity contribution in [3.63, 3.8) is 0 Å². The number of carbonyl (C=O) groups excluding carboxylic acids is 1. The molecule has 1 atom stereocenters. The molecule has 0 spiro atoms. The Hall–Kier alpha value is -3.08. The Balaban J connectivity index is 1.82. The first kappa shape index (κ1) is 17.7. The molecule has 0 radical (unpaired) electrons. The van der Waals surface area contributed by atoms with E-state index in [0.29, 0.717) is 17.1 Å². The summed E-state index contributed by atoms with van der Waals surface area (Å²) in [6.07, 6.45) is 0. The van der Waals surface area contributed by atoms with Gasteiger partial charge in [0.25, 0.3) is 5.91 Å². The van der Waals surface area contributed by atoms with Crippen LogP contribution in [0.25, 0.3) is 11.1 Å². The molecular weight excluding hydrogens is 324 g/mol. The number of nitrogens with two attached hydrogens (primary N) is 1. The van der Waals surface area contributed by atoms with Gasteiger partial charge in [0.1, 0.15) is 11.4 Å². The highest BCUT2D eigenvalue weighted by atomic mass is 16.2. The van der Waals surface area contributed by atoms with Crippen LogP contribution in [0, 0.1) is 6.92 Å². The Bertz CT molecular complexity index is 913. The van der Waals surface area contributed by atoms with Gasteiger partial charge in [0.15, 0.2) is 0 Å². The van der Waals surface area contributed by atoms with Gasteiger partial charge in [0, 0.05) is 14.1 Å². The van der Waals surface area contributed by atoms with E-state index in [1.54, 1.807) is 25.9 Å². The molecule has 0 aliphatic rings. The number of amides is 1. The van der Waals surface area contributed by atoms with E-state index >= 15 is 0 Å². The number of hydrogen-bond donors (Lipinski definition) is 1. The fourth-order valence-corrected chi connectivity index (χ4v) is 3.10. The topological polar surface area (TPSA) is 64.2 Å². The number of nitrogens with zero attached hydrogens (tertiary/aromatic N) is 3. The van der Waals surface area contributed by atoms with Gasteiger partial charge in [-0.1, -0.05) is 54.6 Å². The Morgan fingerprint density at radius 3 is 2.19 bits per heavy atom. The summed E-state index contributed by atoms with van der Waals surface area (Å²) in [5, 5.41) is 4.24. The van der Waals surface area contributed by atoms with Gasteiger partial charge in [-0.15, -0.1) is 0 Å². The highest BCUT2D eigenvalue weighted by molar-refractivity contribution is 5.99. The highest BCUT2D eigenvalue weighted by Crippen LogP contribution is 2.26. The largest absolute Gasteiger partial charge is 0.383 e. The standard InChI is InChI=1S/C21H24N4O/c1-14-19(20(22)25(4)23-14)21(26)24(3)15(2)16-10-12-18(13-11-16)17-8-6-5-7-9-17/h5-13,15H,22H2,1-4H3/t15-/m1/s1. The Morgan fingerprint density at radius 2 is 1.65 bits per heavy atom. The summed E-state index contributed by atoms with van der Waals surface area (Å²) < 4.78 is 1.54. The molecule has 0 aliphatic heterocycles. The lowest BCUT2D eigenvalue weighted by atomic mass is 10.0. The summed E-state index contributed by atoms with van der Waals surface area (Å²) in [6.45, 7) is 3.81. The van der Waals surface area contributed by atoms with E-state index < -0.39 is 0 Å². The molecule has 3 aromatic rings. The Kier molecular flexibility index (Phi) is 4.80. The Morgan fingerprint density at radius 1 is 1.08 bits per heavy atom. The zero-order valence-corrected chi connectivity index (χ0v) is 15.6. The first-order valence-electron chi connectivity index (χ1n) is 8.61. The minimum atomic E-state index is -0.118. The van der Waals surface area contributed by atoms with Crippen LogP contribution in [0.5, 0.6) is 0 Å². The van der Waals surface area contributed by atoms with Gasteiger partial charge < -0.3 is 10.6 Å². The molecule has 0 aliphatic carbocycles. The van der Waals surface area contributed by atoms with Crippen molar-refractivity contribution >= 4 is 11.7 Å². The van der Waals surface area contributed by atoms with E-state index in [1.165, 1.54) is 10.2 Å². The molecule has 5 heteroatoms. The summed E-state index contributed by atoms with van der Waals surface area (Å²) in [5.74, 6) is 0.277. The zero-order valence-electron chi connectivity index (χ0n) is 15.6. The predicted molar refractivity (Wildman–Crippen MR) is 105 cm³/mol. The maximum Gasteiger partial charge on any atom is 0.259 e. The molecule has 26 heavy (non-hydrogen) atoms. The van der Waals surface area contributed by atoms with E-state index in [9.17, 15) is 4.79 Å². The first-order valence-corrected chi connectivity index (χ1v) is 8.61. The normalized spacial score (nSPS) is 12.0. The number of nitrogen functional groups attached to an aromatic ring is 1. The molecule has 0 saturated carbocycles. The number of aryl methyl sites for hydroxylation is 2. The van der Waals surface area contributed by atoms with Crippen molar-refractivity contribution in [3.05, 3.63) is 71.4 Å². The fraction of sp³-hybridized carbons (Fsp3) is 0.238. The smallest absolute Gasteiger partial charge is 0.259 e. The van der Waals surface area contributed by atoms with Crippen LogP contribution in [0.15, 0.2) is 54.6 Å². The van der Waals surface area contributed by atoms with E-state index in [4.69, 9.17) is 5.73 Å². The van der Waals surface area contributed by atoms with Crippen LogP contribution >= 0.6 is 0 Å². The molecule has 0 saturated heterocycles. The molecule has 3 rings (SSSR count). The summed E-state index contributed by atoms with van der Waals surface area (Å²) in [5.41, 5.74) is 10.5. The third-order valence-electron chi connectivity index (χ3n) is 4.88. The van der Waals surface area contributed by atoms with Crippen LogP contribution in [0.2, 0.25) is 0 Å².